The molecule has 2 heteroatoms. The van der Waals surface area contributed by atoms with Crippen LogP contribution in [0.25, 0.3) is 0 Å². The van der Waals surface area contributed by atoms with Crippen molar-refractivity contribution in [2.24, 2.45) is 11.8 Å². The number of thioether (sulfide) groups is 2. The van der Waals surface area contributed by atoms with Crippen LogP contribution in [-0.2, 0) is 0 Å². The summed E-state index contributed by atoms with van der Waals surface area (Å²) < 4.78 is 0. The molecule has 70 valence electrons. The topological polar surface area (TPSA) is 0 Å². The fourth-order valence-corrected chi connectivity index (χ4v) is 4.66. The first kappa shape index (κ1) is 9.26. The van der Waals surface area contributed by atoms with Crippen LogP contribution in [-0.4, -0.2) is 23.0 Å². The second-order valence-corrected chi connectivity index (χ2v) is 6.35. The first-order chi connectivity index (χ1) is 5.97. The van der Waals surface area contributed by atoms with Crippen molar-refractivity contribution in [3.63, 3.8) is 0 Å². The van der Waals surface area contributed by atoms with Gasteiger partial charge in [0.1, 0.15) is 0 Å². The Morgan fingerprint density at radius 3 is 1.25 bits per heavy atom. The van der Waals surface area contributed by atoms with Crippen LogP contribution >= 0.6 is 23.5 Å². The Kier molecular flexibility index (Phi) is 3.71. The van der Waals surface area contributed by atoms with Gasteiger partial charge in [0.15, 0.2) is 0 Å². The second kappa shape index (κ2) is 4.80. The van der Waals surface area contributed by atoms with E-state index in [0.717, 1.165) is 11.8 Å². The van der Waals surface area contributed by atoms with E-state index >= 15 is 0 Å². The smallest absolute Gasteiger partial charge is 0.00648 e. The summed E-state index contributed by atoms with van der Waals surface area (Å²) in [5.74, 6) is 7.96. The van der Waals surface area contributed by atoms with Crippen LogP contribution in [0.5, 0.6) is 0 Å². The highest BCUT2D eigenvalue weighted by atomic mass is 32.2. The lowest BCUT2D eigenvalue weighted by Gasteiger charge is -2.32. The highest BCUT2D eigenvalue weighted by molar-refractivity contribution is 7.99. The Morgan fingerprint density at radius 1 is 0.583 bits per heavy atom. The maximum atomic E-state index is 2.16. The van der Waals surface area contributed by atoms with Crippen LogP contribution in [0.3, 0.4) is 0 Å². The van der Waals surface area contributed by atoms with Gasteiger partial charge in [0.25, 0.3) is 0 Å². The fraction of sp³-hybridized carbons (Fsp3) is 1.00. The second-order valence-electron chi connectivity index (χ2n) is 3.90. The van der Waals surface area contributed by atoms with Crippen molar-refractivity contribution < 1.29 is 0 Å². The van der Waals surface area contributed by atoms with E-state index in [1.165, 1.54) is 48.7 Å². The predicted molar refractivity (Wildman–Crippen MR) is 60.1 cm³/mol. The Labute approximate surface area is 84.3 Å². The van der Waals surface area contributed by atoms with E-state index in [-0.39, 0.29) is 0 Å². The lowest BCUT2D eigenvalue weighted by molar-refractivity contribution is 0.294. The average molecular weight is 202 g/mol. The van der Waals surface area contributed by atoms with E-state index < -0.39 is 0 Å². The van der Waals surface area contributed by atoms with Crippen molar-refractivity contribution in [3.05, 3.63) is 0 Å². The predicted octanol–water partition coefficient (Wildman–Crippen LogP) is 3.27. The van der Waals surface area contributed by atoms with Gasteiger partial charge in [-0.3, -0.25) is 0 Å². The van der Waals surface area contributed by atoms with Gasteiger partial charge in [-0.15, -0.1) is 0 Å². The van der Waals surface area contributed by atoms with Crippen LogP contribution in [0.2, 0.25) is 0 Å². The molecule has 0 nitrogen and oxygen atoms in total. The van der Waals surface area contributed by atoms with Gasteiger partial charge >= 0.3 is 0 Å². The van der Waals surface area contributed by atoms with Crippen LogP contribution < -0.4 is 0 Å². The molecule has 12 heavy (non-hydrogen) atoms. The maximum Gasteiger partial charge on any atom is -0.00648 e. The lowest BCUT2D eigenvalue weighted by Crippen LogP contribution is -2.23. The Hall–Kier alpha value is 0.700. The molecule has 2 fully saturated rings. The zero-order valence-corrected chi connectivity index (χ0v) is 9.26. The van der Waals surface area contributed by atoms with Crippen molar-refractivity contribution in [3.8, 4) is 0 Å². The molecule has 2 heterocycles. The number of hydrogen-bond acceptors (Lipinski definition) is 2. The third kappa shape index (κ3) is 2.35. The molecular weight excluding hydrogens is 184 g/mol. The summed E-state index contributed by atoms with van der Waals surface area (Å²) in [4.78, 5) is 0. The Bertz CT molecular complexity index is 108. The molecule has 0 radical (unpaired) electrons. The van der Waals surface area contributed by atoms with Crippen LogP contribution in [0, 0.1) is 11.8 Å². The summed E-state index contributed by atoms with van der Waals surface area (Å²) in [6.45, 7) is 0. The monoisotopic (exact) mass is 202 g/mol. The minimum atomic E-state index is 1.10. The van der Waals surface area contributed by atoms with Crippen molar-refractivity contribution in [2.75, 3.05) is 23.0 Å². The van der Waals surface area contributed by atoms with E-state index in [2.05, 4.69) is 23.5 Å². The summed E-state index contributed by atoms with van der Waals surface area (Å²) in [6.07, 6.45) is 6.06. The molecule has 2 rings (SSSR count). The molecule has 0 saturated carbocycles. The summed E-state index contributed by atoms with van der Waals surface area (Å²) in [7, 11) is 0. The Morgan fingerprint density at radius 2 is 0.917 bits per heavy atom. The first-order valence-corrected chi connectivity index (χ1v) is 7.43. The minimum Gasteiger partial charge on any atom is -0.162 e. The number of rotatable bonds is 1. The molecule has 0 aromatic carbocycles. The van der Waals surface area contributed by atoms with E-state index in [1.54, 1.807) is 0 Å². The fourth-order valence-electron chi connectivity index (χ4n) is 2.37. The van der Waals surface area contributed by atoms with Gasteiger partial charge in [0, 0.05) is 0 Å². The molecule has 0 spiro atoms. The van der Waals surface area contributed by atoms with Gasteiger partial charge in [-0.1, -0.05) is 0 Å². The minimum absolute atomic E-state index is 1.10. The third-order valence-corrected chi connectivity index (χ3v) is 5.30. The molecule has 2 aliphatic rings. The van der Waals surface area contributed by atoms with E-state index in [9.17, 15) is 0 Å². The summed E-state index contributed by atoms with van der Waals surface area (Å²) in [5.41, 5.74) is 0. The molecule has 0 aromatic heterocycles. The largest absolute Gasteiger partial charge is 0.162 e. The van der Waals surface area contributed by atoms with Gasteiger partial charge in [-0.05, 0) is 60.5 Å². The molecule has 0 unspecified atom stereocenters. The quantitative estimate of drug-likeness (QED) is 0.640. The maximum absolute atomic E-state index is 2.16. The van der Waals surface area contributed by atoms with Crippen LogP contribution in [0.4, 0.5) is 0 Å². The average Bonchev–Trinajstić information content (AvgIpc) is 2.21. The van der Waals surface area contributed by atoms with Crippen molar-refractivity contribution in [1.82, 2.24) is 0 Å². The zero-order valence-electron chi connectivity index (χ0n) is 7.63. The molecular formula is C10H18S2. The molecule has 0 amide bonds. The van der Waals surface area contributed by atoms with Gasteiger partial charge in [0.05, 0.1) is 0 Å². The van der Waals surface area contributed by atoms with Crippen LogP contribution in [0.1, 0.15) is 25.7 Å². The van der Waals surface area contributed by atoms with Crippen LogP contribution in [0.15, 0.2) is 0 Å². The Balaban J connectivity index is 1.80. The van der Waals surface area contributed by atoms with Gasteiger partial charge in [-0.2, -0.15) is 23.5 Å². The van der Waals surface area contributed by atoms with E-state index in [1.807, 2.05) is 0 Å². The number of hydrogen-bond donors (Lipinski definition) is 0. The first-order valence-electron chi connectivity index (χ1n) is 5.12. The molecule has 0 aromatic rings. The molecule has 0 aliphatic carbocycles. The van der Waals surface area contributed by atoms with Crippen molar-refractivity contribution >= 4 is 23.5 Å². The highest BCUT2D eigenvalue weighted by Crippen LogP contribution is 2.36. The summed E-state index contributed by atoms with van der Waals surface area (Å²) in [5, 5.41) is 0. The summed E-state index contributed by atoms with van der Waals surface area (Å²) in [6, 6.07) is 0. The van der Waals surface area contributed by atoms with E-state index in [4.69, 9.17) is 0 Å². The van der Waals surface area contributed by atoms with Crippen molar-refractivity contribution in [2.45, 2.75) is 25.7 Å². The van der Waals surface area contributed by atoms with Gasteiger partial charge in [0.2, 0.25) is 0 Å². The van der Waals surface area contributed by atoms with Gasteiger partial charge < -0.3 is 0 Å². The third-order valence-electron chi connectivity index (χ3n) is 3.20. The molecule has 2 aliphatic heterocycles. The zero-order chi connectivity index (χ0) is 8.23. The molecule has 0 N–H and O–H groups in total. The van der Waals surface area contributed by atoms with E-state index in [0.29, 0.717) is 0 Å². The SMILES string of the molecule is C1CC(C2CCSCC2)CCS1. The standard InChI is InChI=1S/C10H18S2/c1-5-11-6-2-9(1)10-3-7-12-8-4-10/h9-10H,1-8H2. The molecule has 0 atom stereocenters. The normalized spacial score (nSPS) is 29.0. The molecule has 0 bridgehead atoms. The van der Waals surface area contributed by atoms with Gasteiger partial charge in [-0.25, -0.2) is 0 Å². The summed E-state index contributed by atoms with van der Waals surface area (Å²) >= 11 is 4.31. The van der Waals surface area contributed by atoms with Crippen molar-refractivity contribution in [1.29, 1.82) is 0 Å². The highest BCUT2D eigenvalue weighted by Gasteiger charge is 2.24. The molecule has 2 saturated heterocycles. The lowest BCUT2D eigenvalue weighted by atomic mass is 9.83.